The van der Waals surface area contributed by atoms with Crippen LogP contribution in [-0.4, -0.2) is 12.9 Å². The second kappa shape index (κ2) is 9.32. The molecule has 160 valence electrons. The van der Waals surface area contributed by atoms with Crippen molar-refractivity contribution in [2.75, 3.05) is 12.5 Å². The zero-order valence-corrected chi connectivity index (χ0v) is 18.1. The number of azo groups is 1. The molecule has 5 aromatic rings. The number of anilines is 1. The molecule has 5 rings (SSSR count). The summed E-state index contributed by atoms with van der Waals surface area (Å²) in [5.41, 5.74) is 5.66. The Morgan fingerprint density at radius 1 is 0.636 bits per heavy atom. The van der Waals surface area contributed by atoms with Crippen LogP contribution in [0.1, 0.15) is 5.56 Å². The number of methoxy groups -OCH3 is 1. The maximum absolute atomic E-state index is 5.82. The van der Waals surface area contributed by atoms with Gasteiger partial charge in [0.05, 0.1) is 18.5 Å². The standard InChI is InChI=1S/C28H22N4O/c1-33-27-24-18-10-8-16-22(24)26(23-17-9-11-19-25(23)27)28(31-29-20-12-4-2-5-13-20)32-30-21-14-6-3-7-15-21/h2-19,29H,1H3/b31-28-,32-30?. The molecule has 0 fully saturated rings. The molecule has 0 amide bonds. The van der Waals surface area contributed by atoms with Crippen LogP contribution in [0.3, 0.4) is 0 Å². The second-order valence-electron chi connectivity index (χ2n) is 7.45. The van der Waals surface area contributed by atoms with E-state index in [9.17, 15) is 0 Å². The predicted molar refractivity (Wildman–Crippen MR) is 136 cm³/mol. The number of para-hydroxylation sites is 1. The summed E-state index contributed by atoms with van der Waals surface area (Å²) in [5.74, 6) is 1.32. The van der Waals surface area contributed by atoms with Crippen molar-refractivity contribution in [1.29, 1.82) is 0 Å². The number of amidine groups is 1. The number of hydrogen-bond donors (Lipinski definition) is 1. The minimum Gasteiger partial charge on any atom is -0.495 e. The molecule has 0 bridgehead atoms. The van der Waals surface area contributed by atoms with E-state index in [-0.39, 0.29) is 0 Å². The molecular formula is C28H22N4O. The molecule has 0 heterocycles. The largest absolute Gasteiger partial charge is 0.495 e. The Bertz CT molecular complexity index is 1400. The summed E-state index contributed by atoms with van der Waals surface area (Å²) < 4.78 is 5.82. The molecule has 0 saturated heterocycles. The fourth-order valence-electron chi connectivity index (χ4n) is 3.91. The molecule has 5 nitrogen and oxygen atoms in total. The van der Waals surface area contributed by atoms with Gasteiger partial charge in [-0.25, -0.2) is 0 Å². The number of hydrogen-bond acceptors (Lipinski definition) is 4. The van der Waals surface area contributed by atoms with Crippen LogP contribution < -0.4 is 10.2 Å². The monoisotopic (exact) mass is 430 g/mol. The van der Waals surface area contributed by atoms with Gasteiger partial charge in [0, 0.05) is 16.3 Å². The van der Waals surface area contributed by atoms with Gasteiger partial charge in [-0.1, -0.05) is 84.9 Å². The van der Waals surface area contributed by atoms with Crippen molar-refractivity contribution in [2.45, 2.75) is 0 Å². The number of ether oxygens (including phenoxy) is 1. The first kappa shape index (κ1) is 20.4. The van der Waals surface area contributed by atoms with Gasteiger partial charge in [0.2, 0.25) is 5.84 Å². The van der Waals surface area contributed by atoms with Crippen LogP contribution in [0.2, 0.25) is 0 Å². The molecule has 0 saturated carbocycles. The Hall–Kier alpha value is -4.51. The van der Waals surface area contributed by atoms with Crippen molar-refractivity contribution < 1.29 is 4.74 Å². The SMILES string of the molecule is COc1c2ccccc2c(/C(N=Nc2ccccc2)=N/Nc2ccccc2)c2ccccc12. The normalized spacial score (nSPS) is 11.8. The summed E-state index contributed by atoms with van der Waals surface area (Å²) in [7, 11) is 1.70. The van der Waals surface area contributed by atoms with E-state index in [1.165, 1.54) is 0 Å². The fourth-order valence-corrected chi connectivity index (χ4v) is 3.91. The summed E-state index contributed by atoms with van der Waals surface area (Å²) in [6, 6.07) is 35.7. The second-order valence-corrected chi connectivity index (χ2v) is 7.45. The van der Waals surface area contributed by atoms with E-state index in [1.807, 2.05) is 84.9 Å². The van der Waals surface area contributed by atoms with Gasteiger partial charge < -0.3 is 4.74 Å². The molecule has 33 heavy (non-hydrogen) atoms. The molecule has 0 unspecified atom stereocenters. The molecule has 0 aliphatic rings. The van der Waals surface area contributed by atoms with Crippen molar-refractivity contribution in [3.05, 3.63) is 115 Å². The van der Waals surface area contributed by atoms with E-state index in [2.05, 4.69) is 39.9 Å². The van der Waals surface area contributed by atoms with Crippen LogP contribution in [0.15, 0.2) is 125 Å². The van der Waals surface area contributed by atoms with Crippen LogP contribution in [0.25, 0.3) is 21.5 Å². The van der Waals surface area contributed by atoms with Crippen LogP contribution in [0.4, 0.5) is 11.4 Å². The molecule has 5 heteroatoms. The van der Waals surface area contributed by atoms with Gasteiger partial charge in [-0.2, -0.15) is 5.10 Å². The van der Waals surface area contributed by atoms with Gasteiger partial charge in [0.25, 0.3) is 0 Å². The molecule has 0 spiro atoms. The highest BCUT2D eigenvalue weighted by molar-refractivity contribution is 6.22. The van der Waals surface area contributed by atoms with Gasteiger partial charge in [-0.3, -0.25) is 5.43 Å². The average Bonchev–Trinajstić information content (AvgIpc) is 2.89. The van der Waals surface area contributed by atoms with Crippen molar-refractivity contribution >= 4 is 38.8 Å². The Morgan fingerprint density at radius 2 is 1.15 bits per heavy atom. The van der Waals surface area contributed by atoms with Crippen molar-refractivity contribution in [2.24, 2.45) is 15.3 Å². The smallest absolute Gasteiger partial charge is 0.202 e. The van der Waals surface area contributed by atoms with Crippen molar-refractivity contribution in [3.8, 4) is 5.75 Å². The Balaban J connectivity index is 1.76. The van der Waals surface area contributed by atoms with E-state index in [0.717, 1.165) is 44.2 Å². The third-order valence-corrected chi connectivity index (χ3v) is 5.39. The number of fused-ring (bicyclic) bond motifs is 2. The molecule has 0 aromatic heterocycles. The molecule has 0 aliphatic heterocycles. The van der Waals surface area contributed by atoms with E-state index in [4.69, 9.17) is 9.84 Å². The average molecular weight is 431 g/mol. The lowest BCUT2D eigenvalue weighted by atomic mass is 9.95. The molecular weight excluding hydrogens is 408 g/mol. The number of rotatable bonds is 5. The number of nitrogens with one attached hydrogen (secondary N) is 1. The third kappa shape index (κ3) is 4.16. The zero-order valence-electron chi connectivity index (χ0n) is 18.1. The molecule has 0 atom stereocenters. The number of benzene rings is 5. The topological polar surface area (TPSA) is 58.3 Å². The van der Waals surface area contributed by atoms with Crippen LogP contribution in [0.5, 0.6) is 5.75 Å². The molecule has 0 aliphatic carbocycles. The van der Waals surface area contributed by atoms with Gasteiger partial charge >= 0.3 is 0 Å². The highest BCUT2D eigenvalue weighted by atomic mass is 16.5. The zero-order chi connectivity index (χ0) is 22.5. The lowest BCUT2D eigenvalue weighted by Gasteiger charge is -2.15. The van der Waals surface area contributed by atoms with E-state index in [0.29, 0.717) is 5.84 Å². The first-order chi connectivity index (χ1) is 16.3. The highest BCUT2D eigenvalue weighted by Crippen LogP contribution is 2.38. The fraction of sp³-hybridized carbons (Fsp3) is 0.0357. The lowest BCUT2D eigenvalue weighted by Crippen LogP contribution is -2.04. The van der Waals surface area contributed by atoms with Crippen molar-refractivity contribution in [3.63, 3.8) is 0 Å². The third-order valence-electron chi connectivity index (χ3n) is 5.39. The first-order valence-electron chi connectivity index (χ1n) is 10.7. The minimum atomic E-state index is 0.484. The summed E-state index contributed by atoms with van der Waals surface area (Å²) in [6.07, 6.45) is 0. The maximum Gasteiger partial charge on any atom is 0.202 e. The quantitative estimate of drug-likeness (QED) is 0.103. The molecule has 0 radical (unpaired) electrons. The number of hydrazone groups is 1. The van der Waals surface area contributed by atoms with E-state index >= 15 is 0 Å². The number of nitrogens with zero attached hydrogens (tertiary/aromatic N) is 3. The van der Waals surface area contributed by atoms with Crippen molar-refractivity contribution in [1.82, 2.24) is 0 Å². The van der Waals surface area contributed by atoms with E-state index < -0.39 is 0 Å². The summed E-state index contributed by atoms with van der Waals surface area (Å²) in [6.45, 7) is 0. The van der Waals surface area contributed by atoms with Gasteiger partial charge in [-0.15, -0.1) is 10.2 Å². The highest BCUT2D eigenvalue weighted by Gasteiger charge is 2.18. The van der Waals surface area contributed by atoms with Crippen LogP contribution >= 0.6 is 0 Å². The predicted octanol–water partition coefficient (Wildman–Crippen LogP) is 7.56. The Morgan fingerprint density at radius 3 is 1.73 bits per heavy atom. The summed E-state index contributed by atoms with van der Waals surface area (Å²) >= 11 is 0. The Labute approximate surface area is 192 Å². The summed E-state index contributed by atoms with van der Waals surface area (Å²) in [4.78, 5) is 0. The van der Waals surface area contributed by atoms with Gasteiger partial charge in [0.15, 0.2) is 0 Å². The van der Waals surface area contributed by atoms with Crippen LogP contribution in [0, 0.1) is 0 Å². The molecule has 5 aromatic carbocycles. The summed E-state index contributed by atoms with van der Waals surface area (Å²) in [5, 5.41) is 17.8. The minimum absolute atomic E-state index is 0.484. The van der Waals surface area contributed by atoms with Gasteiger partial charge in [-0.05, 0) is 35.0 Å². The van der Waals surface area contributed by atoms with Crippen LogP contribution in [-0.2, 0) is 0 Å². The first-order valence-corrected chi connectivity index (χ1v) is 10.7. The molecule has 1 N–H and O–H groups in total. The van der Waals surface area contributed by atoms with Gasteiger partial charge in [0.1, 0.15) is 5.75 Å². The van der Waals surface area contributed by atoms with E-state index in [1.54, 1.807) is 7.11 Å². The Kier molecular flexibility index (Phi) is 5.76. The lowest BCUT2D eigenvalue weighted by molar-refractivity contribution is 0.424. The maximum atomic E-state index is 5.82.